The van der Waals surface area contributed by atoms with Crippen molar-refractivity contribution >= 4 is 5.95 Å². The Labute approximate surface area is 175 Å². The number of phenolic OH excluding ortho intramolecular Hbond substituents is 1. The monoisotopic (exact) mass is 409 g/mol. The zero-order chi connectivity index (χ0) is 21.5. The second kappa shape index (κ2) is 7.32. The molecule has 158 valence electrons. The minimum absolute atomic E-state index is 0.0277. The van der Waals surface area contributed by atoms with Crippen LogP contribution in [0.15, 0.2) is 35.2 Å². The molecule has 2 N–H and O–H groups in total. The van der Waals surface area contributed by atoms with E-state index >= 15 is 0 Å². The van der Waals surface area contributed by atoms with Crippen molar-refractivity contribution in [2.24, 2.45) is 0 Å². The number of anilines is 1. The van der Waals surface area contributed by atoms with E-state index in [4.69, 9.17) is 4.42 Å². The molecule has 3 heterocycles. The molecule has 30 heavy (non-hydrogen) atoms. The number of piperidine rings is 1. The van der Waals surface area contributed by atoms with Gasteiger partial charge in [0, 0.05) is 35.3 Å². The van der Waals surface area contributed by atoms with Gasteiger partial charge in [-0.1, -0.05) is 0 Å². The lowest BCUT2D eigenvalue weighted by atomic mass is 9.79. The zero-order valence-corrected chi connectivity index (χ0v) is 17.9. The van der Waals surface area contributed by atoms with Crippen LogP contribution in [0.2, 0.25) is 0 Å². The van der Waals surface area contributed by atoms with E-state index in [9.17, 15) is 5.11 Å². The van der Waals surface area contributed by atoms with Crippen LogP contribution in [0.25, 0.3) is 22.7 Å². The van der Waals surface area contributed by atoms with Crippen LogP contribution in [0.3, 0.4) is 0 Å². The highest BCUT2D eigenvalue weighted by Crippen LogP contribution is 2.33. The maximum atomic E-state index is 10.4. The Hall–Kier alpha value is -3.07. The molecule has 4 rings (SSSR count). The van der Waals surface area contributed by atoms with Gasteiger partial charge in [0.05, 0.1) is 6.20 Å². The number of phenols is 1. The second-order valence-corrected chi connectivity index (χ2v) is 9.18. The lowest BCUT2D eigenvalue weighted by Gasteiger charge is -2.48. The summed E-state index contributed by atoms with van der Waals surface area (Å²) >= 11 is 0. The topological polar surface area (TPSA) is 113 Å². The van der Waals surface area contributed by atoms with Crippen LogP contribution in [0.5, 0.6) is 5.75 Å². The molecule has 0 radical (unpaired) electrons. The van der Waals surface area contributed by atoms with Crippen molar-refractivity contribution < 1.29 is 9.52 Å². The number of hydrogen-bond acceptors (Lipinski definition) is 9. The fourth-order valence-corrected chi connectivity index (χ4v) is 4.44. The van der Waals surface area contributed by atoms with Crippen LogP contribution < -0.4 is 10.2 Å². The van der Waals surface area contributed by atoms with Gasteiger partial charge in [0.2, 0.25) is 18.2 Å². The molecule has 0 amide bonds. The molecule has 1 fully saturated rings. The van der Waals surface area contributed by atoms with Gasteiger partial charge in [-0.2, -0.15) is 0 Å². The van der Waals surface area contributed by atoms with E-state index in [0.29, 0.717) is 34.7 Å². The number of benzene rings is 1. The molecule has 9 nitrogen and oxygen atoms in total. The SMILES string of the molecule is CN(c1ncc(-c2ccc(-c3nnco3)cc2O)nn1)C1CC(C)(C)NC(C)(C)C1. The molecule has 2 aromatic heterocycles. The van der Waals surface area contributed by atoms with Gasteiger partial charge >= 0.3 is 0 Å². The quantitative estimate of drug-likeness (QED) is 0.671. The minimum atomic E-state index is 0.0277. The summed E-state index contributed by atoms with van der Waals surface area (Å²) in [6.07, 6.45) is 4.85. The standard InChI is InChI=1S/C21H27N7O2/c1-20(2)9-14(10-21(3,4)27-20)28(5)19-22-11-16(24-26-19)15-7-6-13(8-17(15)29)18-25-23-12-30-18/h6-8,11-12,14,27,29H,9-10H2,1-5H3. The first kappa shape index (κ1) is 20.2. The number of aromatic nitrogens is 5. The van der Waals surface area contributed by atoms with Crippen LogP contribution in [0.4, 0.5) is 5.95 Å². The number of nitrogens with one attached hydrogen (secondary N) is 1. The minimum Gasteiger partial charge on any atom is -0.507 e. The summed E-state index contributed by atoms with van der Waals surface area (Å²) in [5, 5.41) is 30.3. The van der Waals surface area contributed by atoms with E-state index in [1.165, 1.54) is 6.39 Å². The maximum absolute atomic E-state index is 10.4. The number of aromatic hydroxyl groups is 1. The Bertz CT molecular complexity index is 1000. The van der Waals surface area contributed by atoms with Crippen molar-refractivity contribution in [3.8, 4) is 28.5 Å². The summed E-state index contributed by atoms with van der Waals surface area (Å²) in [4.78, 5) is 6.62. The molecule has 1 saturated heterocycles. The Morgan fingerprint density at radius 2 is 1.83 bits per heavy atom. The lowest BCUT2D eigenvalue weighted by Crippen LogP contribution is -2.62. The van der Waals surface area contributed by atoms with Crippen LogP contribution in [0, 0.1) is 0 Å². The average molecular weight is 409 g/mol. The zero-order valence-electron chi connectivity index (χ0n) is 17.9. The largest absolute Gasteiger partial charge is 0.507 e. The van der Waals surface area contributed by atoms with Crippen LogP contribution in [-0.4, -0.2) is 54.7 Å². The summed E-state index contributed by atoms with van der Waals surface area (Å²) in [6.45, 7) is 8.88. The van der Waals surface area contributed by atoms with E-state index in [2.05, 4.69) is 63.3 Å². The van der Waals surface area contributed by atoms with Gasteiger partial charge in [-0.25, -0.2) is 4.98 Å². The lowest BCUT2D eigenvalue weighted by molar-refractivity contribution is 0.160. The molecule has 0 atom stereocenters. The molecule has 0 bridgehead atoms. The molecule has 0 aliphatic carbocycles. The predicted octanol–water partition coefficient (Wildman–Crippen LogP) is 3.04. The van der Waals surface area contributed by atoms with Crippen LogP contribution in [0.1, 0.15) is 40.5 Å². The molecule has 1 aliphatic rings. The predicted molar refractivity (Wildman–Crippen MR) is 113 cm³/mol. The van der Waals surface area contributed by atoms with E-state index in [1.807, 2.05) is 7.05 Å². The van der Waals surface area contributed by atoms with Gasteiger partial charge < -0.3 is 19.7 Å². The van der Waals surface area contributed by atoms with Crippen molar-refractivity contribution in [1.82, 2.24) is 30.7 Å². The molecule has 0 saturated carbocycles. The van der Waals surface area contributed by atoms with E-state index in [-0.39, 0.29) is 16.8 Å². The molecular formula is C21H27N7O2. The molecule has 1 aromatic carbocycles. The molecule has 0 unspecified atom stereocenters. The van der Waals surface area contributed by atoms with E-state index < -0.39 is 0 Å². The van der Waals surface area contributed by atoms with E-state index in [1.54, 1.807) is 24.4 Å². The molecule has 1 aliphatic heterocycles. The maximum Gasteiger partial charge on any atom is 0.247 e. The first-order valence-corrected chi connectivity index (χ1v) is 9.95. The molecule has 3 aromatic rings. The highest BCUT2D eigenvalue weighted by atomic mass is 16.4. The van der Waals surface area contributed by atoms with Crippen molar-refractivity contribution in [3.63, 3.8) is 0 Å². The third kappa shape index (κ3) is 4.11. The van der Waals surface area contributed by atoms with Gasteiger partial charge in [-0.3, -0.25) is 0 Å². The Morgan fingerprint density at radius 3 is 2.40 bits per heavy atom. The summed E-state index contributed by atoms with van der Waals surface area (Å²) in [6, 6.07) is 5.38. The van der Waals surface area contributed by atoms with Crippen LogP contribution in [-0.2, 0) is 0 Å². The van der Waals surface area contributed by atoms with Gasteiger partial charge in [0.1, 0.15) is 11.4 Å². The summed E-state index contributed by atoms with van der Waals surface area (Å²) in [5.41, 5.74) is 1.71. The normalized spacial score (nSPS) is 18.3. The average Bonchev–Trinajstić information content (AvgIpc) is 3.20. The highest BCUT2D eigenvalue weighted by molar-refractivity contribution is 5.71. The fraction of sp³-hybridized carbons (Fsp3) is 0.476. The van der Waals surface area contributed by atoms with E-state index in [0.717, 1.165) is 12.8 Å². The van der Waals surface area contributed by atoms with Crippen molar-refractivity contribution in [2.45, 2.75) is 57.7 Å². The number of rotatable bonds is 4. The first-order valence-electron chi connectivity index (χ1n) is 9.95. The fourth-order valence-electron chi connectivity index (χ4n) is 4.44. The summed E-state index contributed by atoms with van der Waals surface area (Å²) < 4.78 is 5.17. The first-order chi connectivity index (χ1) is 14.1. The third-order valence-corrected chi connectivity index (χ3v) is 5.46. The smallest absolute Gasteiger partial charge is 0.247 e. The van der Waals surface area contributed by atoms with Crippen molar-refractivity contribution in [2.75, 3.05) is 11.9 Å². The van der Waals surface area contributed by atoms with Crippen molar-refractivity contribution in [3.05, 3.63) is 30.8 Å². The Kier molecular flexibility index (Phi) is 4.93. The highest BCUT2D eigenvalue weighted by Gasteiger charge is 2.39. The second-order valence-electron chi connectivity index (χ2n) is 9.18. The molecule has 0 spiro atoms. The van der Waals surface area contributed by atoms with Gasteiger partial charge in [0.25, 0.3) is 0 Å². The van der Waals surface area contributed by atoms with Gasteiger partial charge in [-0.15, -0.1) is 20.4 Å². The molecule has 9 heteroatoms. The van der Waals surface area contributed by atoms with Crippen LogP contribution >= 0.6 is 0 Å². The Morgan fingerprint density at radius 1 is 1.10 bits per heavy atom. The van der Waals surface area contributed by atoms with Gasteiger partial charge in [-0.05, 0) is 58.7 Å². The summed E-state index contributed by atoms with van der Waals surface area (Å²) in [5.74, 6) is 0.954. The summed E-state index contributed by atoms with van der Waals surface area (Å²) in [7, 11) is 2.01. The van der Waals surface area contributed by atoms with Gasteiger partial charge in [0.15, 0.2) is 0 Å². The number of hydrogen-bond donors (Lipinski definition) is 2. The third-order valence-electron chi connectivity index (χ3n) is 5.46. The number of nitrogens with zero attached hydrogens (tertiary/aromatic N) is 6. The van der Waals surface area contributed by atoms with Crippen molar-refractivity contribution in [1.29, 1.82) is 0 Å². The molecular weight excluding hydrogens is 382 g/mol. The Balaban J connectivity index is 1.54.